The van der Waals surface area contributed by atoms with Crippen LogP contribution in [0.5, 0.6) is 0 Å². The fraction of sp³-hybridized carbons (Fsp3) is 0.688. The molecule has 0 amide bonds. The van der Waals surface area contributed by atoms with E-state index in [1.807, 2.05) is 23.8 Å². The Kier molecular flexibility index (Phi) is 12.8. The molecule has 0 aliphatic carbocycles. The number of aliphatic imine (C=N–C) groups is 1. The molecule has 3 N–H and O–H groups in total. The third-order valence-electron chi connectivity index (χ3n) is 3.21. The van der Waals surface area contributed by atoms with Crippen molar-refractivity contribution >= 4 is 41.3 Å². The van der Waals surface area contributed by atoms with Crippen LogP contribution in [0.4, 0.5) is 0 Å². The lowest BCUT2D eigenvalue weighted by Gasteiger charge is -2.21. The Hall–Kier alpha value is -0.380. The normalized spacial score (nSPS) is 14.0. The smallest absolute Gasteiger partial charge is 0.191 e. The van der Waals surface area contributed by atoms with Gasteiger partial charge in [0.25, 0.3) is 0 Å². The van der Waals surface area contributed by atoms with Crippen molar-refractivity contribution in [2.24, 2.45) is 4.99 Å². The van der Waals surface area contributed by atoms with Gasteiger partial charge in [0.05, 0.1) is 13.2 Å². The number of thiophene rings is 1. The molecule has 23 heavy (non-hydrogen) atoms. The summed E-state index contributed by atoms with van der Waals surface area (Å²) in [6.45, 7) is 9.22. The minimum Gasteiger partial charge on any atom is -0.383 e. The second-order valence-electron chi connectivity index (χ2n) is 5.37. The Morgan fingerprint density at radius 3 is 2.74 bits per heavy atom. The summed E-state index contributed by atoms with van der Waals surface area (Å²) in [5.41, 5.74) is -0.0417. The van der Waals surface area contributed by atoms with E-state index >= 15 is 0 Å². The van der Waals surface area contributed by atoms with Crippen molar-refractivity contribution < 1.29 is 9.84 Å². The van der Waals surface area contributed by atoms with Gasteiger partial charge in [0.1, 0.15) is 5.60 Å². The molecule has 1 heterocycles. The standard InChI is InChI=1S/C16H29N3O2S.HI/c1-4-6-9-21-10-8-18-15(17-5-2)19-13-16(3,20)14-7-11-22-12-14;/h7,11-12,20H,4-6,8-10,13H2,1-3H3,(H2,17,18,19);1H. The van der Waals surface area contributed by atoms with Crippen molar-refractivity contribution in [3.63, 3.8) is 0 Å². The topological polar surface area (TPSA) is 65.9 Å². The molecule has 1 atom stereocenters. The lowest BCUT2D eigenvalue weighted by molar-refractivity contribution is 0.0677. The first-order chi connectivity index (χ1) is 10.6. The van der Waals surface area contributed by atoms with Crippen LogP contribution in [0.15, 0.2) is 21.8 Å². The molecular formula is C16H30IN3O2S. The van der Waals surface area contributed by atoms with Crippen LogP contribution < -0.4 is 10.6 Å². The van der Waals surface area contributed by atoms with Crippen molar-refractivity contribution in [3.8, 4) is 0 Å². The van der Waals surface area contributed by atoms with Gasteiger partial charge in [-0.15, -0.1) is 24.0 Å². The Bertz CT molecular complexity index is 425. The van der Waals surface area contributed by atoms with Gasteiger partial charge in [0.15, 0.2) is 5.96 Å². The largest absolute Gasteiger partial charge is 0.383 e. The number of ether oxygens (including phenoxy) is 1. The molecule has 5 nitrogen and oxygen atoms in total. The van der Waals surface area contributed by atoms with Gasteiger partial charge >= 0.3 is 0 Å². The van der Waals surface area contributed by atoms with E-state index in [9.17, 15) is 5.11 Å². The van der Waals surface area contributed by atoms with Crippen LogP contribution in [-0.2, 0) is 10.3 Å². The molecule has 0 aromatic carbocycles. The summed E-state index contributed by atoms with van der Waals surface area (Å²) < 4.78 is 5.51. The van der Waals surface area contributed by atoms with Crippen LogP contribution in [0.25, 0.3) is 0 Å². The number of guanidine groups is 1. The molecule has 1 aromatic rings. The van der Waals surface area contributed by atoms with Gasteiger partial charge in [-0.25, -0.2) is 4.99 Å². The number of rotatable bonds is 10. The average Bonchev–Trinajstić information content (AvgIpc) is 3.03. The predicted octanol–water partition coefficient (Wildman–Crippen LogP) is 2.95. The van der Waals surface area contributed by atoms with Crippen molar-refractivity contribution in [1.29, 1.82) is 0 Å². The summed E-state index contributed by atoms with van der Waals surface area (Å²) in [5, 5.41) is 20.8. The molecular weight excluding hydrogens is 425 g/mol. The Labute approximate surface area is 160 Å². The second-order valence-corrected chi connectivity index (χ2v) is 6.15. The number of nitrogens with one attached hydrogen (secondary N) is 2. The minimum atomic E-state index is -0.944. The number of aliphatic hydroxyl groups is 1. The summed E-state index contributed by atoms with van der Waals surface area (Å²) in [4.78, 5) is 4.47. The van der Waals surface area contributed by atoms with E-state index < -0.39 is 5.60 Å². The van der Waals surface area contributed by atoms with Crippen LogP contribution in [0.2, 0.25) is 0 Å². The molecule has 0 fully saturated rings. The van der Waals surface area contributed by atoms with E-state index in [2.05, 4.69) is 22.5 Å². The Morgan fingerprint density at radius 1 is 1.35 bits per heavy atom. The monoisotopic (exact) mass is 455 g/mol. The summed E-state index contributed by atoms with van der Waals surface area (Å²) in [7, 11) is 0. The lowest BCUT2D eigenvalue weighted by atomic mass is 10.00. The SMILES string of the molecule is CCCCOCCNC(=NCC(C)(O)c1ccsc1)NCC.I. The molecule has 7 heteroatoms. The molecule has 0 spiro atoms. The maximum absolute atomic E-state index is 10.5. The van der Waals surface area contributed by atoms with Crippen LogP contribution in [-0.4, -0.2) is 43.9 Å². The number of hydrogen-bond acceptors (Lipinski definition) is 4. The zero-order valence-electron chi connectivity index (χ0n) is 14.3. The van der Waals surface area contributed by atoms with Gasteiger partial charge in [-0.1, -0.05) is 13.3 Å². The summed E-state index contributed by atoms with van der Waals surface area (Å²) in [6.07, 6.45) is 2.24. The number of unbranched alkanes of at least 4 members (excludes halogenated alkanes) is 1. The highest BCUT2D eigenvalue weighted by Gasteiger charge is 2.23. The summed E-state index contributed by atoms with van der Waals surface area (Å²) in [6, 6.07) is 1.93. The molecule has 0 aliphatic rings. The molecule has 0 saturated carbocycles. The first-order valence-electron chi connectivity index (χ1n) is 7.95. The molecule has 0 bridgehead atoms. The van der Waals surface area contributed by atoms with E-state index in [-0.39, 0.29) is 24.0 Å². The highest BCUT2D eigenvalue weighted by Crippen LogP contribution is 2.23. The van der Waals surface area contributed by atoms with Crippen molar-refractivity contribution in [1.82, 2.24) is 10.6 Å². The molecule has 1 aromatic heterocycles. The first-order valence-corrected chi connectivity index (χ1v) is 8.89. The highest BCUT2D eigenvalue weighted by molar-refractivity contribution is 14.0. The molecule has 0 saturated heterocycles. The van der Waals surface area contributed by atoms with E-state index in [0.29, 0.717) is 25.7 Å². The van der Waals surface area contributed by atoms with Crippen molar-refractivity contribution in [2.75, 3.05) is 32.8 Å². The first kappa shape index (κ1) is 22.6. The zero-order valence-corrected chi connectivity index (χ0v) is 17.4. The number of nitrogens with zero attached hydrogens (tertiary/aromatic N) is 1. The van der Waals surface area contributed by atoms with E-state index in [0.717, 1.165) is 31.6 Å². The maximum Gasteiger partial charge on any atom is 0.191 e. The van der Waals surface area contributed by atoms with Gasteiger partial charge in [-0.2, -0.15) is 11.3 Å². The number of halogens is 1. The van der Waals surface area contributed by atoms with Gasteiger partial charge in [0.2, 0.25) is 0 Å². The quantitative estimate of drug-likeness (QED) is 0.220. The zero-order chi connectivity index (χ0) is 16.3. The van der Waals surface area contributed by atoms with Crippen LogP contribution in [0, 0.1) is 0 Å². The molecule has 134 valence electrons. The Morgan fingerprint density at radius 2 is 2.13 bits per heavy atom. The molecule has 0 radical (unpaired) electrons. The van der Waals surface area contributed by atoms with Gasteiger partial charge < -0.3 is 20.5 Å². The van der Waals surface area contributed by atoms with Gasteiger partial charge in [-0.3, -0.25) is 0 Å². The van der Waals surface area contributed by atoms with Gasteiger partial charge in [0, 0.05) is 19.7 Å². The second kappa shape index (κ2) is 13.0. The van der Waals surface area contributed by atoms with E-state index in [1.165, 1.54) is 0 Å². The molecule has 0 aliphatic heterocycles. The van der Waals surface area contributed by atoms with Crippen LogP contribution >= 0.6 is 35.3 Å². The third-order valence-corrected chi connectivity index (χ3v) is 3.90. The minimum absolute atomic E-state index is 0. The van der Waals surface area contributed by atoms with E-state index in [4.69, 9.17) is 4.74 Å². The van der Waals surface area contributed by atoms with Crippen molar-refractivity contribution in [3.05, 3.63) is 22.4 Å². The summed E-state index contributed by atoms with van der Waals surface area (Å²) >= 11 is 1.58. The third kappa shape index (κ3) is 9.49. The Balaban J connectivity index is 0.00000484. The average molecular weight is 455 g/mol. The highest BCUT2D eigenvalue weighted by atomic mass is 127. The maximum atomic E-state index is 10.5. The van der Waals surface area contributed by atoms with Crippen LogP contribution in [0.1, 0.15) is 39.2 Å². The fourth-order valence-electron chi connectivity index (χ4n) is 1.83. The van der Waals surface area contributed by atoms with Crippen LogP contribution in [0.3, 0.4) is 0 Å². The van der Waals surface area contributed by atoms with E-state index in [1.54, 1.807) is 18.3 Å². The van der Waals surface area contributed by atoms with Crippen molar-refractivity contribution in [2.45, 2.75) is 39.2 Å². The predicted molar refractivity (Wildman–Crippen MR) is 109 cm³/mol. The lowest BCUT2D eigenvalue weighted by Crippen LogP contribution is -2.40. The molecule has 1 rings (SSSR count). The number of hydrogen-bond donors (Lipinski definition) is 3. The molecule has 1 unspecified atom stereocenters. The van der Waals surface area contributed by atoms with Gasteiger partial charge in [-0.05, 0) is 42.7 Å². The fourth-order valence-corrected chi connectivity index (χ4v) is 2.61. The summed E-state index contributed by atoms with van der Waals surface area (Å²) in [5.74, 6) is 0.706.